The number of hydrogen-bond donors (Lipinski definition) is 0. The Balaban J connectivity index is 2.32. The molecule has 1 aromatic rings. The summed E-state index contributed by atoms with van der Waals surface area (Å²) < 4.78 is 65.5. The molecule has 1 saturated heterocycles. The summed E-state index contributed by atoms with van der Waals surface area (Å²) in [5, 5.41) is 4.03. The van der Waals surface area contributed by atoms with E-state index in [1.54, 1.807) is 4.90 Å². The van der Waals surface area contributed by atoms with E-state index in [2.05, 4.69) is 5.32 Å². The molecule has 2 rings (SSSR count). The Labute approximate surface area is 100 Å². The molecule has 2 nitrogen and oxygen atoms in total. The van der Waals surface area contributed by atoms with Crippen molar-refractivity contribution in [2.45, 2.75) is 6.54 Å². The van der Waals surface area contributed by atoms with E-state index in [0.717, 1.165) is 0 Å². The zero-order valence-electron chi connectivity index (χ0n) is 9.32. The molecular weight excluding hydrogens is 255 g/mol. The molecule has 1 heterocycles. The molecule has 0 aliphatic carbocycles. The summed E-state index contributed by atoms with van der Waals surface area (Å²) in [6.07, 6.45) is 0. The van der Waals surface area contributed by atoms with Gasteiger partial charge < -0.3 is 0 Å². The molecule has 0 aromatic heterocycles. The van der Waals surface area contributed by atoms with Gasteiger partial charge in [-0.2, -0.15) is 0 Å². The van der Waals surface area contributed by atoms with Crippen molar-refractivity contribution in [2.24, 2.45) is 0 Å². The van der Waals surface area contributed by atoms with Crippen LogP contribution in [-0.2, 0) is 6.54 Å². The summed E-state index contributed by atoms with van der Waals surface area (Å²) in [6.45, 7) is 1.57. The van der Waals surface area contributed by atoms with Crippen LogP contribution < -0.4 is 5.32 Å². The Morgan fingerprint density at radius 2 is 1.22 bits per heavy atom. The van der Waals surface area contributed by atoms with Crippen LogP contribution in [0.1, 0.15) is 5.56 Å². The van der Waals surface area contributed by atoms with Crippen molar-refractivity contribution in [1.82, 2.24) is 10.2 Å². The van der Waals surface area contributed by atoms with Crippen LogP contribution in [0.5, 0.6) is 0 Å². The summed E-state index contributed by atoms with van der Waals surface area (Å²) in [4.78, 5) is 1.60. The minimum absolute atomic E-state index is 0.304. The number of halogens is 5. The van der Waals surface area contributed by atoms with Crippen molar-refractivity contribution in [2.75, 3.05) is 26.2 Å². The zero-order chi connectivity index (χ0) is 13.3. The fourth-order valence-electron chi connectivity index (χ4n) is 1.82. The van der Waals surface area contributed by atoms with Crippen LogP contribution in [-0.4, -0.2) is 31.1 Å². The van der Waals surface area contributed by atoms with Gasteiger partial charge in [0.2, 0.25) is 5.82 Å². The van der Waals surface area contributed by atoms with Crippen molar-refractivity contribution in [3.8, 4) is 0 Å². The normalized spacial score (nSPS) is 17.2. The second-order valence-electron chi connectivity index (χ2n) is 4.00. The molecule has 7 heteroatoms. The highest BCUT2D eigenvalue weighted by Gasteiger charge is 2.27. The van der Waals surface area contributed by atoms with Crippen molar-refractivity contribution in [3.05, 3.63) is 34.6 Å². The highest BCUT2D eigenvalue weighted by atomic mass is 19.2. The lowest BCUT2D eigenvalue weighted by Gasteiger charge is -2.26. The van der Waals surface area contributed by atoms with E-state index in [4.69, 9.17) is 0 Å². The van der Waals surface area contributed by atoms with Crippen LogP contribution in [0.15, 0.2) is 0 Å². The van der Waals surface area contributed by atoms with Crippen molar-refractivity contribution in [1.29, 1.82) is 0 Å². The maximum absolute atomic E-state index is 13.4. The molecule has 1 radical (unpaired) electrons. The van der Waals surface area contributed by atoms with Gasteiger partial charge in [-0.05, 0) is 0 Å². The third-order valence-electron chi connectivity index (χ3n) is 2.83. The minimum atomic E-state index is -2.12. The Morgan fingerprint density at radius 1 is 0.778 bits per heavy atom. The quantitative estimate of drug-likeness (QED) is 0.453. The predicted octanol–water partition coefficient (Wildman–Crippen LogP) is 1.80. The first-order valence-corrected chi connectivity index (χ1v) is 5.38. The van der Waals surface area contributed by atoms with Crippen LogP contribution >= 0.6 is 0 Å². The van der Waals surface area contributed by atoms with Gasteiger partial charge in [0.15, 0.2) is 23.3 Å². The lowest BCUT2D eigenvalue weighted by Crippen LogP contribution is -2.40. The standard InChI is InChI=1S/C11H10F5N2/c12-7-6(5-18-3-1-17-2-4-18)8(13)10(15)11(16)9(7)14/h1-5H2. The Bertz CT molecular complexity index is 428. The van der Waals surface area contributed by atoms with Gasteiger partial charge in [0, 0.05) is 38.3 Å². The van der Waals surface area contributed by atoms with E-state index >= 15 is 0 Å². The van der Waals surface area contributed by atoms with Gasteiger partial charge in [0.25, 0.3) is 0 Å². The fraction of sp³-hybridized carbons (Fsp3) is 0.455. The first-order chi connectivity index (χ1) is 8.52. The van der Waals surface area contributed by atoms with Gasteiger partial charge in [0.1, 0.15) is 0 Å². The van der Waals surface area contributed by atoms with Crippen molar-refractivity contribution < 1.29 is 22.0 Å². The minimum Gasteiger partial charge on any atom is -0.296 e. The Hall–Kier alpha value is -1.21. The fourth-order valence-corrected chi connectivity index (χ4v) is 1.82. The van der Waals surface area contributed by atoms with E-state index in [9.17, 15) is 22.0 Å². The smallest absolute Gasteiger partial charge is 0.200 e. The van der Waals surface area contributed by atoms with E-state index < -0.39 is 34.6 Å². The van der Waals surface area contributed by atoms with Crippen LogP contribution in [0.3, 0.4) is 0 Å². The summed E-state index contributed by atoms with van der Waals surface area (Å²) in [7, 11) is 0. The van der Waals surface area contributed by atoms with Crippen molar-refractivity contribution in [3.63, 3.8) is 0 Å². The molecule has 0 amide bonds. The summed E-state index contributed by atoms with van der Waals surface area (Å²) in [6, 6.07) is 0. The molecule has 0 spiro atoms. The second-order valence-corrected chi connectivity index (χ2v) is 4.00. The third kappa shape index (κ3) is 2.32. The Morgan fingerprint density at radius 3 is 1.72 bits per heavy atom. The number of rotatable bonds is 2. The van der Waals surface area contributed by atoms with Gasteiger partial charge >= 0.3 is 0 Å². The van der Waals surface area contributed by atoms with Crippen LogP contribution in [0.25, 0.3) is 0 Å². The molecule has 18 heavy (non-hydrogen) atoms. The van der Waals surface area contributed by atoms with Gasteiger partial charge in [-0.1, -0.05) is 0 Å². The molecule has 0 bridgehead atoms. The number of benzene rings is 1. The van der Waals surface area contributed by atoms with Crippen molar-refractivity contribution >= 4 is 0 Å². The average molecular weight is 265 g/mol. The second kappa shape index (κ2) is 5.19. The van der Waals surface area contributed by atoms with E-state index in [1.165, 1.54) is 0 Å². The lowest BCUT2D eigenvalue weighted by atomic mass is 10.1. The lowest BCUT2D eigenvalue weighted by molar-refractivity contribution is 0.221. The third-order valence-corrected chi connectivity index (χ3v) is 2.83. The number of nitrogens with zero attached hydrogens (tertiary/aromatic N) is 2. The maximum Gasteiger partial charge on any atom is 0.200 e. The van der Waals surface area contributed by atoms with Gasteiger partial charge in [-0.25, -0.2) is 27.3 Å². The van der Waals surface area contributed by atoms with E-state index in [-0.39, 0.29) is 6.54 Å². The summed E-state index contributed by atoms with van der Waals surface area (Å²) in [5.74, 6) is -9.43. The highest BCUT2D eigenvalue weighted by Crippen LogP contribution is 2.24. The molecule has 0 saturated carbocycles. The van der Waals surface area contributed by atoms with Crippen LogP contribution in [0, 0.1) is 29.1 Å². The first kappa shape index (κ1) is 13.2. The number of hydrogen-bond acceptors (Lipinski definition) is 1. The maximum atomic E-state index is 13.4. The largest absolute Gasteiger partial charge is 0.296 e. The van der Waals surface area contributed by atoms with E-state index in [1.807, 2.05) is 0 Å². The Kier molecular flexibility index (Phi) is 3.82. The van der Waals surface area contributed by atoms with Crippen LogP contribution in [0.4, 0.5) is 22.0 Å². The molecule has 1 aliphatic rings. The molecule has 1 aliphatic heterocycles. The molecule has 0 N–H and O–H groups in total. The SMILES string of the molecule is Fc1c(F)c(F)c(CN2CC[N]CC2)c(F)c1F. The highest BCUT2D eigenvalue weighted by molar-refractivity contribution is 5.24. The molecule has 0 unspecified atom stereocenters. The number of piperazine rings is 1. The molecule has 0 atom stereocenters. The average Bonchev–Trinajstić information content (AvgIpc) is 2.40. The topological polar surface area (TPSA) is 17.3 Å². The van der Waals surface area contributed by atoms with Crippen LogP contribution in [0.2, 0.25) is 0 Å². The molecular formula is C11H10F5N2. The zero-order valence-corrected chi connectivity index (χ0v) is 9.32. The summed E-state index contributed by atoms with van der Waals surface area (Å²) in [5.41, 5.74) is -0.784. The molecule has 99 valence electrons. The summed E-state index contributed by atoms with van der Waals surface area (Å²) >= 11 is 0. The predicted molar refractivity (Wildman–Crippen MR) is 53.4 cm³/mol. The van der Waals surface area contributed by atoms with E-state index in [0.29, 0.717) is 26.2 Å². The van der Waals surface area contributed by atoms with Gasteiger partial charge in [-0.3, -0.25) is 4.90 Å². The molecule has 1 fully saturated rings. The van der Waals surface area contributed by atoms with Gasteiger partial charge in [0.05, 0.1) is 0 Å². The molecule has 1 aromatic carbocycles. The monoisotopic (exact) mass is 265 g/mol. The first-order valence-electron chi connectivity index (χ1n) is 5.38. The van der Waals surface area contributed by atoms with Gasteiger partial charge in [-0.15, -0.1) is 0 Å².